The maximum atomic E-state index is 14.1. The maximum absolute atomic E-state index is 14.1. The summed E-state index contributed by atoms with van der Waals surface area (Å²) < 4.78 is 68.5. The molecule has 7 nitrogen and oxygen atoms in total. The van der Waals surface area contributed by atoms with E-state index >= 15 is 0 Å². The Morgan fingerprint density at radius 2 is 1.76 bits per heavy atom. The lowest BCUT2D eigenvalue weighted by Gasteiger charge is -2.31. The van der Waals surface area contributed by atoms with Crippen LogP contribution in [0, 0.1) is 11.6 Å². The van der Waals surface area contributed by atoms with Crippen LogP contribution in [0.25, 0.3) is 0 Å². The second-order valence-electron chi connectivity index (χ2n) is 9.03. The average molecular weight is 553 g/mol. The highest BCUT2D eigenvalue weighted by Crippen LogP contribution is 2.35. The number of thiazole rings is 1. The predicted molar refractivity (Wildman–Crippen MR) is 128 cm³/mol. The molecule has 0 N–H and O–H groups in total. The minimum absolute atomic E-state index is 0.0192. The summed E-state index contributed by atoms with van der Waals surface area (Å²) in [4.78, 5) is 36.1. The van der Waals surface area contributed by atoms with E-state index < -0.39 is 47.6 Å². The molecule has 3 aromatic rings. The van der Waals surface area contributed by atoms with Crippen molar-refractivity contribution in [3.63, 3.8) is 0 Å². The van der Waals surface area contributed by atoms with Gasteiger partial charge in [-0.25, -0.2) is 13.8 Å². The number of carbonyl (C=O) groups excluding carboxylic acids is 1. The fraction of sp³-hybridized carbons (Fsp3) is 0.360. The quantitative estimate of drug-likeness (QED) is 0.423. The number of piperidine rings is 1. The van der Waals surface area contributed by atoms with Gasteiger partial charge in [0.1, 0.15) is 29.6 Å². The van der Waals surface area contributed by atoms with Gasteiger partial charge in [0.15, 0.2) is 6.10 Å². The van der Waals surface area contributed by atoms with E-state index in [1.165, 1.54) is 22.3 Å². The zero-order valence-corrected chi connectivity index (χ0v) is 20.6. The first-order valence-electron chi connectivity index (χ1n) is 11.8. The van der Waals surface area contributed by atoms with Crippen molar-refractivity contribution in [3.8, 4) is 0 Å². The van der Waals surface area contributed by atoms with Gasteiger partial charge in [0, 0.05) is 36.9 Å². The molecule has 200 valence electrons. The molecule has 0 radical (unpaired) electrons. The molecule has 2 aromatic heterocycles. The third kappa shape index (κ3) is 5.19. The van der Waals surface area contributed by atoms with Crippen molar-refractivity contribution in [2.24, 2.45) is 5.16 Å². The topological polar surface area (TPSA) is 76.8 Å². The zero-order valence-electron chi connectivity index (χ0n) is 19.8. The number of rotatable bonds is 5. The monoisotopic (exact) mass is 552 g/mol. The summed E-state index contributed by atoms with van der Waals surface area (Å²) in [5, 5.41) is 6.56. The van der Waals surface area contributed by atoms with Gasteiger partial charge in [-0.1, -0.05) is 17.3 Å². The molecule has 1 atom stereocenters. The summed E-state index contributed by atoms with van der Waals surface area (Å²) >= 11 is 1.40. The number of hydrogen-bond donors (Lipinski definition) is 0. The van der Waals surface area contributed by atoms with Crippen LogP contribution in [0.5, 0.6) is 0 Å². The molecule has 1 amide bonds. The Kier molecular flexibility index (Phi) is 7.03. The normalized spacial score (nSPS) is 18.4. The molecule has 2 aliphatic rings. The van der Waals surface area contributed by atoms with Crippen molar-refractivity contribution in [1.82, 2.24) is 14.5 Å². The van der Waals surface area contributed by atoms with Gasteiger partial charge in [0.25, 0.3) is 5.56 Å². The molecule has 1 fully saturated rings. The van der Waals surface area contributed by atoms with Crippen molar-refractivity contribution in [1.29, 1.82) is 0 Å². The van der Waals surface area contributed by atoms with Crippen LogP contribution in [0.3, 0.4) is 0 Å². The van der Waals surface area contributed by atoms with Gasteiger partial charge in [-0.3, -0.25) is 14.2 Å². The van der Waals surface area contributed by atoms with Crippen molar-refractivity contribution < 1.29 is 31.6 Å². The van der Waals surface area contributed by atoms with E-state index in [9.17, 15) is 31.5 Å². The first-order valence-corrected chi connectivity index (χ1v) is 12.7. The average Bonchev–Trinajstić information content (AvgIpc) is 3.55. The molecule has 0 saturated carbocycles. The Labute approximate surface area is 217 Å². The fourth-order valence-corrected chi connectivity index (χ4v) is 5.65. The first kappa shape index (κ1) is 26.0. The Morgan fingerprint density at radius 1 is 1.08 bits per heavy atom. The van der Waals surface area contributed by atoms with E-state index in [1.54, 1.807) is 5.38 Å². The molecule has 2 aliphatic heterocycles. The molecule has 13 heteroatoms. The predicted octanol–water partition coefficient (Wildman–Crippen LogP) is 4.87. The molecule has 0 spiro atoms. The molecular formula is C25H21F5N4O3S. The van der Waals surface area contributed by atoms with Crippen LogP contribution in [0.2, 0.25) is 0 Å². The van der Waals surface area contributed by atoms with Crippen molar-refractivity contribution in [2.75, 3.05) is 13.1 Å². The number of oxime groups is 1. The van der Waals surface area contributed by atoms with Crippen molar-refractivity contribution in [2.45, 2.75) is 44.0 Å². The van der Waals surface area contributed by atoms with Crippen molar-refractivity contribution >= 4 is 23.0 Å². The lowest BCUT2D eigenvalue weighted by molar-refractivity contribution is -0.145. The Hall–Kier alpha value is -3.61. The van der Waals surface area contributed by atoms with Gasteiger partial charge >= 0.3 is 6.18 Å². The SMILES string of the molecule is O=C(Cn1c(C(F)(F)F)cccc1=O)N1CCC(c2nc(C3=NOC(c4c(F)cccc4F)C3)cs2)CC1. The first-order chi connectivity index (χ1) is 18.1. The number of aromatic nitrogens is 2. The Morgan fingerprint density at radius 3 is 2.45 bits per heavy atom. The number of likely N-dealkylation sites (tertiary alicyclic amines) is 1. The van der Waals surface area contributed by atoms with Crippen LogP contribution in [0.15, 0.2) is 51.7 Å². The number of hydrogen-bond acceptors (Lipinski definition) is 6. The largest absolute Gasteiger partial charge is 0.431 e. The highest BCUT2D eigenvalue weighted by molar-refractivity contribution is 7.10. The Balaban J connectivity index is 1.20. The lowest BCUT2D eigenvalue weighted by atomic mass is 9.97. The summed E-state index contributed by atoms with van der Waals surface area (Å²) in [5.74, 6) is -1.96. The van der Waals surface area contributed by atoms with Gasteiger partial charge in [0.2, 0.25) is 5.91 Å². The van der Waals surface area contributed by atoms with Gasteiger partial charge < -0.3 is 9.74 Å². The molecule has 1 aromatic carbocycles. The molecule has 1 saturated heterocycles. The van der Waals surface area contributed by atoms with Crippen LogP contribution < -0.4 is 5.56 Å². The number of halogens is 5. The van der Waals surface area contributed by atoms with Gasteiger partial charge in [-0.2, -0.15) is 13.2 Å². The lowest BCUT2D eigenvalue weighted by Crippen LogP contribution is -2.42. The highest BCUT2D eigenvalue weighted by atomic mass is 32.1. The van der Waals surface area contributed by atoms with E-state index in [2.05, 4.69) is 10.1 Å². The number of benzene rings is 1. The summed E-state index contributed by atoms with van der Waals surface area (Å²) in [7, 11) is 0. The molecule has 5 rings (SSSR count). The molecule has 0 bridgehead atoms. The molecule has 1 unspecified atom stereocenters. The molecule has 0 aliphatic carbocycles. The molecular weight excluding hydrogens is 531 g/mol. The Bertz CT molecular complexity index is 1420. The van der Waals surface area contributed by atoms with Gasteiger partial charge in [0.05, 0.1) is 16.3 Å². The van der Waals surface area contributed by atoms with E-state index in [0.717, 1.165) is 35.3 Å². The third-order valence-electron chi connectivity index (χ3n) is 6.64. The van der Waals surface area contributed by atoms with Gasteiger partial charge in [-0.05, 0) is 31.0 Å². The van der Waals surface area contributed by atoms with E-state index in [4.69, 9.17) is 4.84 Å². The van der Waals surface area contributed by atoms with Gasteiger partial charge in [-0.15, -0.1) is 11.3 Å². The summed E-state index contributed by atoms with van der Waals surface area (Å²) in [6, 6.07) is 6.37. The molecule has 38 heavy (non-hydrogen) atoms. The standard InChI is InChI=1S/C25H21F5N4O3S/c26-15-3-1-4-16(27)23(15)19-11-17(32-37-19)18-13-38-24(31-18)14-7-9-33(10-8-14)22(36)12-34-20(25(28,29)30)5-2-6-21(34)35/h1-6,13-14,19H,7-12H2. The second kappa shape index (κ2) is 10.3. The van der Waals surface area contributed by atoms with E-state index in [-0.39, 0.29) is 17.9 Å². The minimum Gasteiger partial charge on any atom is -0.387 e. The van der Waals surface area contributed by atoms with Crippen LogP contribution in [-0.4, -0.2) is 39.2 Å². The van der Waals surface area contributed by atoms with E-state index in [0.29, 0.717) is 41.9 Å². The molecule has 4 heterocycles. The number of alkyl halides is 3. The number of carbonyl (C=O) groups is 1. The van der Waals surface area contributed by atoms with Crippen LogP contribution in [0.1, 0.15) is 53.2 Å². The fourth-order valence-electron chi connectivity index (χ4n) is 4.65. The van der Waals surface area contributed by atoms with Crippen molar-refractivity contribution in [3.05, 3.63) is 85.7 Å². The second-order valence-corrected chi connectivity index (χ2v) is 9.92. The summed E-state index contributed by atoms with van der Waals surface area (Å²) in [6.45, 7) is -0.0791. The summed E-state index contributed by atoms with van der Waals surface area (Å²) in [6.07, 6.45) is -4.40. The third-order valence-corrected chi connectivity index (χ3v) is 7.65. The van der Waals surface area contributed by atoms with E-state index in [1.807, 2.05) is 0 Å². The van der Waals surface area contributed by atoms with Crippen LogP contribution >= 0.6 is 11.3 Å². The number of pyridine rings is 1. The smallest absolute Gasteiger partial charge is 0.387 e. The maximum Gasteiger partial charge on any atom is 0.431 e. The summed E-state index contributed by atoms with van der Waals surface area (Å²) in [5.41, 5.74) is -1.22. The zero-order chi connectivity index (χ0) is 27.0. The van der Waals surface area contributed by atoms with Crippen LogP contribution in [0.4, 0.5) is 22.0 Å². The minimum atomic E-state index is -4.76. The number of nitrogens with zero attached hydrogens (tertiary/aromatic N) is 4. The highest BCUT2D eigenvalue weighted by Gasteiger charge is 2.36. The number of amides is 1. The van der Waals surface area contributed by atoms with Crippen LogP contribution in [-0.2, 0) is 22.4 Å².